The van der Waals surface area contributed by atoms with Crippen LogP contribution >= 0.6 is 11.6 Å². The Morgan fingerprint density at radius 3 is 2.56 bits per heavy atom. The van der Waals surface area contributed by atoms with Gasteiger partial charge in [-0.2, -0.15) is 13.2 Å². The number of nitrogens with zero attached hydrogens (tertiary/aromatic N) is 1. The van der Waals surface area contributed by atoms with Crippen LogP contribution in [0.25, 0.3) is 0 Å². The highest BCUT2D eigenvalue weighted by atomic mass is 35.5. The van der Waals surface area contributed by atoms with Crippen LogP contribution in [0.1, 0.15) is 6.42 Å². The second-order valence-electron chi connectivity index (χ2n) is 5.99. The molecule has 0 saturated carbocycles. The van der Waals surface area contributed by atoms with Crippen molar-refractivity contribution in [2.24, 2.45) is 11.7 Å². The molecule has 11 heteroatoms. The Balaban J connectivity index is 0.000000445. The van der Waals surface area contributed by atoms with Crippen LogP contribution in [0.2, 0.25) is 5.02 Å². The third-order valence-corrected chi connectivity index (χ3v) is 4.05. The van der Waals surface area contributed by atoms with Gasteiger partial charge in [0.2, 0.25) is 0 Å². The molecular weight excluding hydrogens is 396 g/mol. The molecule has 154 valence electrons. The number of hydrogen-bond acceptors (Lipinski definition) is 5. The van der Waals surface area contributed by atoms with E-state index in [4.69, 9.17) is 32.0 Å². The Morgan fingerprint density at radius 2 is 2.07 bits per heavy atom. The number of aliphatic hydroxyl groups excluding tert-OH is 1. The van der Waals surface area contributed by atoms with Gasteiger partial charge in [-0.3, -0.25) is 0 Å². The number of hydrogen-bond donors (Lipinski definition) is 3. The highest BCUT2D eigenvalue weighted by molar-refractivity contribution is 6.30. The summed E-state index contributed by atoms with van der Waals surface area (Å²) in [5, 5.41) is 17.1. The molecule has 0 aromatic heterocycles. The van der Waals surface area contributed by atoms with E-state index in [0.29, 0.717) is 24.8 Å². The summed E-state index contributed by atoms with van der Waals surface area (Å²) in [5.74, 6) is -2.39. The van der Waals surface area contributed by atoms with Gasteiger partial charge in [0.25, 0.3) is 0 Å². The standard InChI is InChI=1S/C14H20ClFN2O2.C2HF3O2/c15-13-2-1-12(5-14(13)16)20-9-11(19)8-18-4-3-10(6-17)7-18;3-2(4,5)1(6)7/h1-2,5,10-11,19H,3-4,6-9,17H2;(H,6,7). The molecule has 0 amide bonds. The number of nitrogens with two attached hydrogens (primary N) is 1. The summed E-state index contributed by atoms with van der Waals surface area (Å²) in [6.07, 6.45) is -4.61. The molecule has 27 heavy (non-hydrogen) atoms. The number of carboxylic acid groups (broad SMARTS) is 1. The van der Waals surface area contributed by atoms with Crippen LogP contribution in [0, 0.1) is 11.7 Å². The molecule has 1 aliphatic heterocycles. The molecule has 0 radical (unpaired) electrons. The van der Waals surface area contributed by atoms with Crippen molar-refractivity contribution in [2.45, 2.75) is 18.7 Å². The van der Waals surface area contributed by atoms with E-state index in [9.17, 15) is 22.7 Å². The maximum absolute atomic E-state index is 13.2. The number of β-amino-alcohol motifs (C(OH)–C–C–N with tert-alkyl or cyclic N) is 1. The van der Waals surface area contributed by atoms with Gasteiger partial charge < -0.3 is 25.6 Å². The third-order valence-electron chi connectivity index (χ3n) is 3.75. The summed E-state index contributed by atoms with van der Waals surface area (Å²) in [6.45, 7) is 3.24. The lowest BCUT2D eigenvalue weighted by Gasteiger charge is -2.20. The molecule has 2 unspecified atom stereocenters. The van der Waals surface area contributed by atoms with Crippen LogP contribution in [0.5, 0.6) is 5.75 Å². The number of ether oxygens (including phenoxy) is 1. The van der Waals surface area contributed by atoms with Crippen molar-refractivity contribution in [1.29, 1.82) is 0 Å². The van der Waals surface area contributed by atoms with E-state index < -0.39 is 24.1 Å². The van der Waals surface area contributed by atoms with E-state index in [-0.39, 0.29) is 11.6 Å². The van der Waals surface area contributed by atoms with Crippen molar-refractivity contribution < 1.29 is 37.3 Å². The normalized spacial score (nSPS) is 18.6. The Kier molecular flexibility index (Phi) is 9.23. The molecule has 1 fully saturated rings. The summed E-state index contributed by atoms with van der Waals surface area (Å²) < 4.78 is 50.3. The van der Waals surface area contributed by atoms with E-state index in [2.05, 4.69) is 4.90 Å². The second kappa shape index (κ2) is 10.6. The molecular formula is C16H21ClF4N2O4. The van der Waals surface area contributed by atoms with E-state index >= 15 is 0 Å². The first-order valence-corrected chi connectivity index (χ1v) is 8.39. The molecule has 4 N–H and O–H groups in total. The average Bonchev–Trinajstić information content (AvgIpc) is 3.03. The van der Waals surface area contributed by atoms with Gasteiger partial charge >= 0.3 is 12.1 Å². The average molecular weight is 417 g/mol. The first-order chi connectivity index (χ1) is 12.5. The lowest BCUT2D eigenvalue weighted by molar-refractivity contribution is -0.192. The minimum atomic E-state index is -5.08. The molecule has 0 spiro atoms. The van der Waals surface area contributed by atoms with Gasteiger partial charge in [-0.1, -0.05) is 11.6 Å². The summed E-state index contributed by atoms with van der Waals surface area (Å²) in [7, 11) is 0. The Labute approximate surface area is 158 Å². The topological polar surface area (TPSA) is 96.0 Å². The molecule has 1 aromatic carbocycles. The minimum Gasteiger partial charge on any atom is -0.491 e. The van der Waals surface area contributed by atoms with Crippen molar-refractivity contribution in [2.75, 3.05) is 32.8 Å². The first-order valence-electron chi connectivity index (χ1n) is 8.01. The van der Waals surface area contributed by atoms with Crippen molar-refractivity contribution >= 4 is 17.6 Å². The van der Waals surface area contributed by atoms with Crippen LogP contribution in [0.3, 0.4) is 0 Å². The predicted molar refractivity (Wildman–Crippen MR) is 90.2 cm³/mol. The number of alkyl halides is 3. The maximum Gasteiger partial charge on any atom is 0.490 e. The first kappa shape index (κ1) is 23.4. The van der Waals surface area contributed by atoms with Gasteiger partial charge in [0.05, 0.1) is 5.02 Å². The quantitative estimate of drug-likeness (QED) is 0.615. The number of rotatable bonds is 6. The molecule has 1 aliphatic rings. The minimum absolute atomic E-state index is 0.0581. The van der Waals surface area contributed by atoms with Gasteiger partial charge in [0.1, 0.15) is 24.3 Å². The van der Waals surface area contributed by atoms with Gasteiger partial charge in [0.15, 0.2) is 0 Å². The zero-order valence-corrected chi connectivity index (χ0v) is 15.0. The van der Waals surface area contributed by atoms with Gasteiger partial charge in [-0.15, -0.1) is 0 Å². The van der Waals surface area contributed by atoms with Gasteiger partial charge in [-0.05, 0) is 37.6 Å². The predicted octanol–water partition coefficient (Wildman–Crippen LogP) is 2.13. The van der Waals surface area contributed by atoms with Crippen LogP contribution in [-0.4, -0.2) is 66.1 Å². The third kappa shape index (κ3) is 8.74. The van der Waals surface area contributed by atoms with E-state index in [1.54, 1.807) is 6.07 Å². The van der Waals surface area contributed by atoms with E-state index in [1.165, 1.54) is 12.1 Å². The summed E-state index contributed by atoms with van der Waals surface area (Å²) in [4.78, 5) is 11.1. The largest absolute Gasteiger partial charge is 0.491 e. The lowest BCUT2D eigenvalue weighted by Crippen LogP contribution is -2.34. The van der Waals surface area contributed by atoms with Gasteiger partial charge in [0, 0.05) is 19.2 Å². The molecule has 1 aromatic rings. The van der Waals surface area contributed by atoms with Crippen molar-refractivity contribution in [3.05, 3.63) is 29.0 Å². The van der Waals surface area contributed by atoms with Crippen molar-refractivity contribution in [1.82, 2.24) is 4.90 Å². The fourth-order valence-corrected chi connectivity index (χ4v) is 2.50. The maximum atomic E-state index is 13.2. The molecule has 0 aliphatic carbocycles. The number of likely N-dealkylation sites (tertiary alicyclic amines) is 1. The van der Waals surface area contributed by atoms with E-state index in [1.807, 2.05) is 0 Å². The van der Waals surface area contributed by atoms with Crippen molar-refractivity contribution in [3.63, 3.8) is 0 Å². The zero-order valence-electron chi connectivity index (χ0n) is 14.3. The summed E-state index contributed by atoms with van der Waals surface area (Å²) in [6, 6.07) is 4.23. The molecule has 2 atom stereocenters. The number of aliphatic hydroxyl groups is 1. The number of carboxylic acids is 1. The van der Waals surface area contributed by atoms with Crippen molar-refractivity contribution in [3.8, 4) is 5.75 Å². The molecule has 1 saturated heterocycles. The highest BCUT2D eigenvalue weighted by Crippen LogP contribution is 2.21. The molecule has 2 rings (SSSR count). The monoisotopic (exact) mass is 416 g/mol. The fraction of sp³-hybridized carbons (Fsp3) is 0.562. The van der Waals surface area contributed by atoms with Gasteiger partial charge in [-0.25, -0.2) is 9.18 Å². The van der Waals surface area contributed by atoms with E-state index in [0.717, 1.165) is 19.5 Å². The number of carbonyl (C=O) groups is 1. The lowest BCUT2D eigenvalue weighted by atomic mass is 10.1. The Bertz CT molecular complexity index is 619. The number of benzene rings is 1. The van der Waals surface area contributed by atoms with Crippen LogP contribution in [-0.2, 0) is 4.79 Å². The number of aliphatic carboxylic acids is 1. The smallest absolute Gasteiger partial charge is 0.490 e. The molecule has 0 bridgehead atoms. The second-order valence-corrected chi connectivity index (χ2v) is 6.40. The van der Waals surface area contributed by atoms with Crippen LogP contribution < -0.4 is 10.5 Å². The SMILES string of the molecule is NCC1CCN(CC(O)COc2ccc(Cl)c(F)c2)C1.O=C(O)C(F)(F)F. The fourth-order valence-electron chi connectivity index (χ4n) is 2.38. The Morgan fingerprint density at radius 1 is 1.44 bits per heavy atom. The summed E-state index contributed by atoms with van der Waals surface area (Å²) in [5.41, 5.74) is 5.63. The number of halogens is 5. The Hall–Kier alpha value is -1.62. The molecule has 1 heterocycles. The van der Waals surface area contributed by atoms with Crippen LogP contribution in [0.15, 0.2) is 18.2 Å². The molecule has 6 nitrogen and oxygen atoms in total. The summed E-state index contributed by atoms with van der Waals surface area (Å²) >= 11 is 5.59. The van der Waals surface area contributed by atoms with Crippen LogP contribution in [0.4, 0.5) is 17.6 Å². The zero-order chi connectivity index (χ0) is 20.6. The highest BCUT2D eigenvalue weighted by Gasteiger charge is 2.38.